The highest BCUT2D eigenvalue weighted by molar-refractivity contribution is 5.74. The summed E-state index contributed by atoms with van der Waals surface area (Å²) in [6.07, 6.45) is 1.62. The summed E-state index contributed by atoms with van der Waals surface area (Å²) in [5, 5.41) is 2.95. The predicted molar refractivity (Wildman–Crippen MR) is 99.7 cm³/mol. The third-order valence-corrected chi connectivity index (χ3v) is 4.27. The maximum absolute atomic E-state index is 12.1. The Labute approximate surface area is 148 Å². The van der Waals surface area contributed by atoms with Crippen LogP contribution in [0.5, 0.6) is 0 Å². The lowest BCUT2D eigenvalue weighted by atomic mass is 10.1. The van der Waals surface area contributed by atoms with Gasteiger partial charge in [-0.05, 0) is 26.8 Å². The zero-order chi connectivity index (χ0) is 17.8. The Balaban J connectivity index is 1.68. The summed E-state index contributed by atoms with van der Waals surface area (Å²) in [5.74, 6) is 0.912. The molecule has 25 heavy (non-hydrogen) atoms. The summed E-state index contributed by atoms with van der Waals surface area (Å²) < 4.78 is 0. The first-order chi connectivity index (χ1) is 12.0. The number of urea groups is 1. The minimum atomic E-state index is 0.0118. The molecule has 0 unspecified atom stereocenters. The van der Waals surface area contributed by atoms with Crippen LogP contribution in [-0.4, -0.2) is 53.1 Å². The molecule has 0 radical (unpaired) electrons. The molecule has 0 spiro atoms. The van der Waals surface area contributed by atoms with Gasteiger partial charge in [-0.15, -0.1) is 0 Å². The van der Waals surface area contributed by atoms with E-state index in [4.69, 9.17) is 0 Å². The highest BCUT2D eigenvalue weighted by Gasteiger charge is 2.22. The van der Waals surface area contributed by atoms with Crippen molar-refractivity contribution in [3.63, 3.8) is 0 Å². The van der Waals surface area contributed by atoms with Gasteiger partial charge in [0.15, 0.2) is 0 Å². The van der Waals surface area contributed by atoms with E-state index in [1.807, 2.05) is 30.9 Å². The average Bonchev–Trinajstić information content (AvgIpc) is 2.61. The van der Waals surface area contributed by atoms with Gasteiger partial charge in [-0.1, -0.05) is 23.8 Å². The van der Waals surface area contributed by atoms with E-state index in [1.165, 1.54) is 5.56 Å². The maximum Gasteiger partial charge on any atom is 0.317 e. The highest BCUT2D eigenvalue weighted by atomic mass is 16.2. The lowest BCUT2D eigenvalue weighted by molar-refractivity contribution is 0.191. The maximum atomic E-state index is 12.1. The van der Waals surface area contributed by atoms with E-state index < -0.39 is 0 Å². The number of hydrogen-bond donors (Lipinski definition) is 1. The zero-order valence-corrected chi connectivity index (χ0v) is 15.1. The van der Waals surface area contributed by atoms with Crippen molar-refractivity contribution >= 4 is 11.8 Å². The second-order valence-corrected chi connectivity index (χ2v) is 6.71. The van der Waals surface area contributed by atoms with Crippen LogP contribution in [0.4, 0.5) is 10.6 Å². The minimum Gasteiger partial charge on any atom is -0.353 e. The Morgan fingerprint density at radius 2 is 1.88 bits per heavy atom. The number of aromatic nitrogens is 2. The van der Waals surface area contributed by atoms with Crippen molar-refractivity contribution in [2.24, 2.45) is 0 Å². The van der Waals surface area contributed by atoms with Crippen molar-refractivity contribution in [1.29, 1.82) is 0 Å². The average molecular weight is 339 g/mol. The SMILES string of the molecule is Cc1cccc(-c2cc(N3CCN(C(=O)NC(C)C)CC3)ncn2)c1. The number of benzene rings is 1. The van der Waals surface area contributed by atoms with Gasteiger partial charge in [0.1, 0.15) is 12.1 Å². The second kappa shape index (κ2) is 7.51. The van der Waals surface area contributed by atoms with Gasteiger partial charge < -0.3 is 15.1 Å². The molecule has 2 heterocycles. The van der Waals surface area contributed by atoms with E-state index in [0.717, 1.165) is 30.2 Å². The normalized spacial score (nSPS) is 14.7. The molecular formula is C19H25N5O. The number of aryl methyl sites for hydroxylation is 1. The van der Waals surface area contributed by atoms with Crippen molar-refractivity contribution in [3.8, 4) is 11.3 Å². The molecule has 1 aromatic heterocycles. The van der Waals surface area contributed by atoms with Gasteiger partial charge in [-0.3, -0.25) is 0 Å². The smallest absolute Gasteiger partial charge is 0.317 e. The van der Waals surface area contributed by atoms with Gasteiger partial charge in [0.05, 0.1) is 5.69 Å². The van der Waals surface area contributed by atoms with Crippen LogP contribution >= 0.6 is 0 Å². The summed E-state index contributed by atoms with van der Waals surface area (Å²) in [6, 6.07) is 10.5. The van der Waals surface area contributed by atoms with Gasteiger partial charge in [0.25, 0.3) is 0 Å². The predicted octanol–water partition coefficient (Wildman–Crippen LogP) is 2.69. The summed E-state index contributed by atoms with van der Waals surface area (Å²) in [4.78, 5) is 25.0. The summed E-state index contributed by atoms with van der Waals surface area (Å²) in [5.41, 5.74) is 3.23. The van der Waals surface area contributed by atoms with Gasteiger partial charge in [-0.2, -0.15) is 0 Å². The molecule has 1 saturated heterocycles. The van der Waals surface area contributed by atoms with Crippen LogP contribution in [-0.2, 0) is 0 Å². The van der Waals surface area contributed by atoms with Gasteiger partial charge >= 0.3 is 6.03 Å². The molecule has 6 nitrogen and oxygen atoms in total. The first-order valence-corrected chi connectivity index (χ1v) is 8.72. The molecule has 2 amide bonds. The van der Waals surface area contributed by atoms with Crippen LogP contribution in [0.3, 0.4) is 0 Å². The van der Waals surface area contributed by atoms with Crippen LogP contribution in [0.15, 0.2) is 36.7 Å². The molecule has 1 N–H and O–H groups in total. The number of nitrogens with one attached hydrogen (secondary N) is 1. The number of nitrogens with zero attached hydrogens (tertiary/aromatic N) is 4. The monoisotopic (exact) mass is 339 g/mol. The highest BCUT2D eigenvalue weighted by Crippen LogP contribution is 2.22. The van der Waals surface area contributed by atoms with Crippen molar-refractivity contribution < 1.29 is 4.79 Å². The van der Waals surface area contributed by atoms with Crippen LogP contribution in [0, 0.1) is 6.92 Å². The van der Waals surface area contributed by atoms with Crippen LogP contribution in [0.1, 0.15) is 19.4 Å². The molecule has 0 saturated carbocycles. The van der Waals surface area contributed by atoms with Gasteiger partial charge in [0, 0.05) is 43.9 Å². The fourth-order valence-electron chi connectivity index (χ4n) is 2.96. The minimum absolute atomic E-state index is 0.0118. The van der Waals surface area contributed by atoms with Crippen molar-refractivity contribution in [3.05, 3.63) is 42.2 Å². The first kappa shape index (κ1) is 17.2. The Morgan fingerprint density at radius 3 is 2.56 bits per heavy atom. The number of rotatable bonds is 3. The Morgan fingerprint density at radius 1 is 1.12 bits per heavy atom. The molecule has 1 aliphatic heterocycles. The second-order valence-electron chi connectivity index (χ2n) is 6.71. The molecule has 1 fully saturated rings. The molecule has 3 rings (SSSR count). The molecule has 0 atom stereocenters. The molecule has 6 heteroatoms. The van der Waals surface area contributed by atoms with Crippen LogP contribution in [0.2, 0.25) is 0 Å². The summed E-state index contributed by atoms with van der Waals surface area (Å²) in [7, 11) is 0. The lowest BCUT2D eigenvalue weighted by Gasteiger charge is -2.35. The number of amides is 2. The number of hydrogen-bond acceptors (Lipinski definition) is 4. The Kier molecular flexibility index (Phi) is 5.16. The first-order valence-electron chi connectivity index (χ1n) is 8.72. The molecule has 2 aromatic rings. The van der Waals surface area contributed by atoms with E-state index in [0.29, 0.717) is 13.1 Å². The van der Waals surface area contributed by atoms with Gasteiger partial charge in [-0.25, -0.2) is 14.8 Å². The molecule has 1 aliphatic rings. The Bertz CT molecular complexity index is 738. The van der Waals surface area contributed by atoms with Crippen molar-refractivity contribution in [1.82, 2.24) is 20.2 Å². The molecular weight excluding hydrogens is 314 g/mol. The number of piperazine rings is 1. The molecule has 0 aliphatic carbocycles. The number of carbonyl (C=O) groups is 1. The standard InChI is InChI=1S/C19H25N5O/c1-14(2)22-19(25)24-9-7-23(8-10-24)18-12-17(20-13-21-18)16-6-4-5-15(3)11-16/h4-6,11-14H,7-10H2,1-3H3,(H,22,25). The van der Waals surface area contributed by atoms with E-state index in [-0.39, 0.29) is 12.1 Å². The third kappa shape index (κ3) is 4.26. The molecule has 132 valence electrons. The summed E-state index contributed by atoms with van der Waals surface area (Å²) in [6.45, 7) is 8.97. The number of carbonyl (C=O) groups excluding carboxylic acids is 1. The topological polar surface area (TPSA) is 61.4 Å². The van der Waals surface area contributed by atoms with Crippen LogP contribution in [0.25, 0.3) is 11.3 Å². The van der Waals surface area contributed by atoms with E-state index in [2.05, 4.69) is 45.3 Å². The number of anilines is 1. The zero-order valence-electron chi connectivity index (χ0n) is 15.1. The molecule has 1 aromatic carbocycles. The van der Waals surface area contributed by atoms with Crippen molar-refractivity contribution in [2.75, 3.05) is 31.1 Å². The summed E-state index contributed by atoms with van der Waals surface area (Å²) >= 11 is 0. The van der Waals surface area contributed by atoms with E-state index >= 15 is 0 Å². The lowest BCUT2D eigenvalue weighted by Crippen LogP contribution is -2.53. The Hall–Kier alpha value is -2.63. The molecule has 0 bridgehead atoms. The van der Waals surface area contributed by atoms with Crippen molar-refractivity contribution in [2.45, 2.75) is 26.8 Å². The van der Waals surface area contributed by atoms with Crippen LogP contribution < -0.4 is 10.2 Å². The quantitative estimate of drug-likeness (QED) is 0.934. The fourth-order valence-corrected chi connectivity index (χ4v) is 2.96. The fraction of sp³-hybridized carbons (Fsp3) is 0.421. The van der Waals surface area contributed by atoms with E-state index in [9.17, 15) is 4.79 Å². The largest absolute Gasteiger partial charge is 0.353 e. The van der Waals surface area contributed by atoms with E-state index in [1.54, 1.807) is 6.33 Å². The third-order valence-electron chi connectivity index (χ3n) is 4.27. The van der Waals surface area contributed by atoms with Gasteiger partial charge in [0.2, 0.25) is 0 Å².